The second kappa shape index (κ2) is 8.84. The summed E-state index contributed by atoms with van der Waals surface area (Å²) in [6.45, 7) is 3.27. The Morgan fingerprint density at radius 2 is 1.78 bits per heavy atom. The van der Waals surface area contributed by atoms with Crippen molar-refractivity contribution in [3.8, 4) is 0 Å². The SMILES string of the molecule is CCOC(=O)C(Cc1c[nH]c2cc(NC=O)ccc12)(NC=O)C(=O)OCC. The van der Waals surface area contributed by atoms with Gasteiger partial charge in [-0.05, 0) is 31.5 Å². The number of benzene rings is 1. The monoisotopic (exact) mass is 375 g/mol. The molecule has 0 bridgehead atoms. The second-order valence-corrected chi connectivity index (χ2v) is 5.62. The van der Waals surface area contributed by atoms with Crippen LogP contribution in [-0.4, -0.2) is 48.5 Å². The van der Waals surface area contributed by atoms with E-state index in [9.17, 15) is 19.2 Å². The lowest BCUT2D eigenvalue weighted by atomic mass is 9.90. The average molecular weight is 375 g/mol. The minimum Gasteiger partial charge on any atom is -0.464 e. The maximum absolute atomic E-state index is 12.6. The van der Waals surface area contributed by atoms with Crippen molar-refractivity contribution in [1.82, 2.24) is 10.3 Å². The highest BCUT2D eigenvalue weighted by Gasteiger charge is 2.49. The molecule has 3 N–H and O–H groups in total. The lowest BCUT2D eigenvalue weighted by molar-refractivity contribution is -0.167. The van der Waals surface area contributed by atoms with Crippen molar-refractivity contribution in [1.29, 1.82) is 0 Å². The second-order valence-electron chi connectivity index (χ2n) is 5.62. The third-order valence-corrected chi connectivity index (χ3v) is 4.00. The minimum absolute atomic E-state index is 0.0368. The Morgan fingerprint density at radius 3 is 2.33 bits per heavy atom. The van der Waals surface area contributed by atoms with Crippen LogP contribution in [0.5, 0.6) is 0 Å². The molecule has 2 amide bonds. The molecule has 1 aromatic heterocycles. The van der Waals surface area contributed by atoms with E-state index in [-0.39, 0.29) is 26.0 Å². The Balaban J connectivity index is 2.48. The predicted octanol–water partition coefficient (Wildman–Crippen LogP) is 0.890. The zero-order valence-corrected chi connectivity index (χ0v) is 15.0. The van der Waals surface area contributed by atoms with Gasteiger partial charge < -0.3 is 25.1 Å². The molecule has 144 valence electrons. The molecule has 0 radical (unpaired) electrons. The molecular formula is C18H21N3O6. The summed E-state index contributed by atoms with van der Waals surface area (Å²) in [5.41, 5.74) is -0.135. The number of rotatable bonds is 10. The maximum atomic E-state index is 12.6. The first-order chi connectivity index (χ1) is 13.0. The van der Waals surface area contributed by atoms with E-state index in [2.05, 4.69) is 15.6 Å². The van der Waals surface area contributed by atoms with Gasteiger partial charge in [-0.1, -0.05) is 6.07 Å². The largest absolute Gasteiger partial charge is 0.464 e. The first kappa shape index (κ1) is 20.0. The van der Waals surface area contributed by atoms with Gasteiger partial charge in [0, 0.05) is 29.2 Å². The van der Waals surface area contributed by atoms with Gasteiger partial charge >= 0.3 is 11.9 Å². The van der Waals surface area contributed by atoms with Gasteiger partial charge in [0.2, 0.25) is 18.4 Å². The van der Waals surface area contributed by atoms with Gasteiger partial charge in [0.1, 0.15) is 0 Å². The lowest BCUT2D eigenvalue weighted by Gasteiger charge is -2.28. The molecule has 27 heavy (non-hydrogen) atoms. The van der Waals surface area contributed by atoms with Crippen LogP contribution in [-0.2, 0) is 35.1 Å². The van der Waals surface area contributed by atoms with Crippen molar-refractivity contribution in [2.75, 3.05) is 18.5 Å². The van der Waals surface area contributed by atoms with E-state index in [4.69, 9.17) is 9.47 Å². The molecule has 0 saturated heterocycles. The Hall–Kier alpha value is -3.36. The van der Waals surface area contributed by atoms with Crippen molar-refractivity contribution in [2.45, 2.75) is 25.8 Å². The summed E-state index contributed by atoms with van der Waals surface area (Å²) in [7, 11) is 0. The average Bonchev–Trinajstić information content (AvgIpc) is 3.04. The third kappa shape index (κ3) is 4.08. The molecule has 2 rings (SSSR count). The van der Waals surface area contributed by atoms with Crippen LogP contribution in [0.25, 0.3) is 10.9 Å². The van der Waals surface area contributed by atoms with E-state index < -0.39 is 17.5 Å². The Morgan fingerprint density at radius 1 is 1.11 bits per heavy atom. The van der Waals surface area contributed by atoms with Crippen molar-refractivity contribution in [3.05, 3.63) is 30.0 Å². The molecular weight excluding hydrogens is 354 g/mol. The smallest absolute Gasteiger partial charge is 0.344 e. The normalized spacial score (nSPS) is 10.9. The van der Waals surface area contributed by atoms with Gasteiger partial charge in [-0.2, -0.15) is 0 Å². The van der Waals surface area contributed by atoms with Crippen molar-refractivity contribution in [2.24, 2.45) is 0 Å². The van der Waals surface area contributed by atoms with Gasteiger partial charge in [0.25, 0.3) is 0 Å². The van der Waals surface area contributed by atoms with Gasteiger partial charge in [-0.3, -0.25) is 9.59 Å². The molecule has 0 atom stereocenters. The summed E-state index contributed by atoms with van der Waals surface area (Å²) in [6, 6.07) is 5.11. The van der Waals surface area contributed by atoms with Crippen LogP contribution >= 0.6 is 0 Å². The summed E-state index contributed by atoms with van der Waals surface area (Å²) in [6.07, 6.45) is 2.29. The molecule has 0 fully saturated rings. The zero-order valence-electron chi connectivity index (χ0n) is 15.0. The van der Waals surface area contributed by atoms with E-state index >= 15 is 0 Å². The number of amides is 2. The maximum Gasteiger partial charge on any atom is 0.344 e. The van der Waals surface area contributed by atoms with Crippen molar-refractivity contribution in [3.63, 3.8) is 0 Å². The Labute approximate surface area is 155 Å². The fourth-order valence-electron chi connectivity index (χ4n) is 2.78. The fourth-order valence-corrected chi connectivity index (χ4v) is 2.78. The quantitative estimate of drug-likeness (QED) is 0.322. The molecule has 1 aromatic carbocycles. The van der Waals surface area contributed by atoms with Crippen LogP contribution in [0.4, 0.5) is 5.69 Å². The summed E-state index contributed by atoms with van der Waals surface area (Å²) < 4.78 is 10.0. The number of hydrogen-bond acceptors (Lipinski definition) is 6. The van der Waals surface area contributed by atoms with E-state index in [1.54, 1.807) is 38.2 Å². The first-order valence-electron chi connectivity index (χ1n) is 8.38. The van der Waals surface area contributed by atoms with E-state index in [0.29, 0.717) is 23.2 Å². The molecule has 0 spiro atoms. The lowest BCUT2D eigenvalue weighted by Crippen LogP contribution is -2.60. The number of esters is 2. The molecule has 1 heterocycles. The standard InChI is InChI=1S/C18H21N3O6/c1-3-26-16(24)18(21-11-23,17(25)27-4-2)8-12-9-19-15-7-13(20-10-22)5-6-14(12)15/h5-7,9-11,19H,3-4,8H2,1-2H3,(H,20,22)(H,21,23). The summed E-state index contributed by atoms with van der Waals surface area (Å²) in [4.78, 5) is 49.9. The highest BCUT2D eigenvalue weighted by molar-refractivity contribution is 6.07. The highest BCUT2D eigenvalue weighted by Crippen LogP contribution is 2.26. The van der Waals surface area contributed by atoms with Gasteiger partial charge in [0.15, 0.2) is 0 Å². The molecule has 0 aliphatic heterocycles. The number of anilines is 1. The highest BCUT2D eigenvalue weighted by atomic mass is 16.6. The summed E-state index contributed by atoms with van der Waals surface area (Å²) in [5, 5.41) is 5.56. The number of fused-ring (bicyclic) bond motifs is 1. The van der Waals surface area contributed by atoms with Gasteiger partial charge in [-0.25, -0.2) is 9.59 Å². The third-order valence-electron chi connectivity index (χ3n) is 4.00. The Bertz CT molecular complexity index is 827. The molecule has 0 saturated carbocycles. The predicted molar refractivity (Wildman–Crippen MR) is 96.9 cm³/mol. The molecule has 9 heteroatoms. The first-order valence-corrected chi connectivity index (χ1v) is 8.38. The topological polar surface area (TPSA) is 127 Å². The molecule has 9 nitrogen and oxygen atoms in total. The van der Waals surface area contributed by atoms with Crippen LogP contribution in [0.3, 0.4) is 0 Å². The van der Waals surface area contributed by atoms with E-state index in [1.807, 2.05) is 0 Å². The number of ether oxygens (including phenoxy) is 2. The number of aromatic nitrogens is 1. The van der Waals surface area contributed by atoms with E-state index in [1.165, 1.54) is 0 Å². The minimum atomic E-state index is -2.00. The van der Waals surface area contributed by atoms with Crippen molar-refractivity contribution < 1.29 is 28.7 Å². The molecule has 2 aromatic rings. The summed E-state index contributed by atoms with van der Waals surface area (Å²) >= 11 is 0. The van der Waals surface area contributed by atoms with Crippen LogP contribution in [0.1, 0.15) is 19.4 Å². The van der Waals surface area contributed by atoms with Crippen LogP contribution in [0.2, 0.25) is 0 Å². The fraction of sp³-hybridized carbons (Fsp3) is 0.333. The number of H-pyrrole nitrogens is 1. The van der Waals surface area contributed by atoms with Crippen LogP contribution < -0.4 is 10.6 Å². The molecule has 0 unspecified atom stereocenters. The number of nitrogens with one attached hydrogen (secondary N) is 3. The number of carbonyl (C=O) groups excluding carboxylic acids is 4. The zero-order chi connectivity index (χ0) is 19.9. The Kier molecular flexibility index (Phi) is 6.53. The molecule has 0 aliphatic rings. The van der Waals surface area contributed by atoms with E-state index in [0.717, 1.165) is 5.39 Å². The number of aromatic amines is 1. The van der Waals surface area contributed by atoms with Crippen LogP contribution in [0, 0.1) is 0 Å². The van der Waals surface area contributed by atoms with Crippen LogP contribution in [0.15, 0.2) is 24.4 Å². The van der Waals surface area contributed by atoms with Gasteiger partial charge in [0.05, 0.1) is 13.2 Å². The van der Waals surface area contributed by atoms with Gasteiger partial charge in [-0.15, -0.1) is 0 Å². The molecule has 0 aliphatic carbocycles. The number of hydrogen-bond donors (Lipinski definition) is 3. The van der Waals surface area contributed by atoms with Crippen molar-refractivity contribution >= 4 is 41.3 Å². The summed E-state index contributed by atoms with van der Waals surface area (Å²) in [5.74, 6) is -1.80. The number of carbonyl (C=O) groups is 4.